The van der Waals surface area contributed by atoms with Gasteiger partial charge in [-0.15, -0.1) is 0 Å². The third-order valence-corrected chi connectivity index (χ3v) is 2.27. The first-order valence-electron chi connectivity index (χ1n) is 5.14. The van der Waals surface area contributed by atoms with Gasteiger partial charge in [-0.3, -0.25) is 0 Å². The summed E-state index contributed by atoms with van der Waals surface area (Å²) in [5.74, 6) is 0. The molecule has 0 aliphatic carbocycles. The van der Waals surface area contributed by atoms with Gasteiger partial charge in [0, 0.05) is 31.7 Å². The molecule has 4 heteroatoms. The molecule has 2 amide bonds. The van der Waals surface area contributed by atoms with Crippen LogP contribution in [0.4, 0.5) is 4.79 Å². The fourth-order valence-corrected chi connectivity index (χ4v) is 1.41. The smallest absolute Gasteiger partial charge is 0.317 e. The van der Waals surface area contributed by atoms with Crippen LogP contribution in [0.2, 0.25) is 0 Å². The predicted octanol–water partition coefficient (Wildman–Crippen LogP) is 0.742. The van der Waals surface area contributed by atoms with Crippen molar-refractivity contribution in [3.8, 4) is 0 Å². The van der Waals surface area contributed by atoms with Crippen molar-refractivity contribution in [2.24, 2.45) is 0 Å². The van der Waals surface area contributed by atoms with Gasteiger partial charge in [0.15, 0.2) is 0 Å². The van der Waals surface area contributed by atoms with Crippen molar-refractivity contribution >= 4 is 6.03 Å². The maximum absolute atomic E-state index is 11.7. The molecular formula is C10H21N3O. The van der Waals surface area contributed by atoms with E-state index in [1.165, 1.54) is 0 Å². The van der Waals surface area contributed by atoms with Crippen LogP contribution in [0.1, 0.15) is 20.8 Å². The number of amides is 2. The average Bonchev–Trinajstić information content (AvgIpc) is 2.02. The van der Waals surface area contributed by atoms with Crippen molar-refractivity contribution in [1.82, 2.24) is 15.1 Å². The van der Waals surface area contributed by atoms with Gasteiger partial charge in [0.05, 0.1) is 0 Å². The highest BCUT2D eigenvalue weighted by molar-refractivity contribution is 5.75. The van der Waals surface area contributed by atoms with E-state index in [2.05, 4.69) is 17.3 Å². The van der Waals surface area contributed by atoms with Crippen LogP contribution in [0, 0.1) is 0 Å². The van der Waals surface area contributed by atoms with Gasteiger partial charge >= 0.3 is 6.03 Å². The predicted molar refractivity (Wildman–Crippen MR) is 57.4 cm³/mol. The summed E-state index contributed by atoms with van der Waals surface area (Å²) in [6.07, 6.45) is 0. The number of rotatable bonds is 0. The number of nitrogens with zero attached hydrogens (tertiary/aromatic N) is 2. The van der Waals surface area contributed by atoms with Gasteiger partial charge in [0.1, 0.15) is 0 Å². The Bertz CT molecular complexity index is 202. The quantitative estimate of drug-likeness (QED) is 0.624. The molecule has 1 N–H and O–H groups in total. The monoisotopic (exact) mass is 199 g/mol. The minimum Gasteiger partial charge on any atom is -0.333 e. The maximum atomic E-state index is 11.7. The van der Waals surface area contributed by atoms with Crippen LogP contribution in [-0.2, 0) is 0 Å². The second-order valence-corrected chi connectivity index (χ2v) is 4.97. The first kappa shape index (κ1) is 11.3. The summed E-state index contributed by atoms with van der Waals surface area (Å²) >= 11 is 0. The molecule has 0 spiro atoms. The van der Waals surface area contributed by atoms with Gasteiger partial charge in [-0.1, -0.05) is 0 Å². The van der Waals surface area contributed by atoms with Crippen LogP contribution in [0.3, 0.4) is 0 Å². The Labute approximate surface area is 86.2 Å². The number of likely N-dealkylation sites (N-methyl/N-ethyl adjacent to an activating group) is 1. The van der Waals surface area contributed by atoms with E-state index >= 15 is 0 Å². The molecule has 0 atom stereocenters. The second kappa shape index (κ2) is 4.17. The summed E-state index contributed by atoms with van der Waals surface area (Å²) < 4.78 is 0. The van der Waals surface area contributed by atoms with Crippen LogP contribution in [0.5, 0.6) is 0 Å². The molecule has 1 fully saturated rings. The van der Waals surface area contributed by atoms with Crippen molar-refractivity contribution < 1.29 is 4.79 Å². The van der Waals surface area contributed by atoms with Gasteiger partial charge in [-0.2, -0.15) is 0 Å². The summed E-state index contributed by atoms with van der Waals surface area (Å²) in [4.78, 5) is 15.8. The summed E-state index contributed by atoms with van der Waals surface area (Å²) in [6, 6.07) is 0.0607. The topological polar surface area (TPSA) is 35.6 Å². The van der Waals surface area contributed by atoms with Gasteiger partial charge in [-0.25, -0.2) is 4.79 Å². The molecule has 0 aromatic rings. The minimum atomic E-state index is -0.138. The Morgan fingerprint density at radius 2 is 1.64 bits per heavy atom. The number of carbonyl (C=O) groups excluding carboxylic acids is 1. The molecule has 1 heterocycles. The van der Waals surface area contributed by atoms with E-state index in [1.807, 2.05) is 25.7 Å². The van der Waals surface area contributed by atoms with Gasteiger partial charge in [-0.05, 0) is 27.8 Å². The largest absolute Gasteiger partial charge is 0.333 e. The van der Waals surface area contributed by atoms with E-state index < -0.39 is 0 Å². The molecule has 1 rings (SSSR count). The normalized spacial score (nSPS) is 19.6. The highest BCUT2D eigenvalue weighted by Gasteiger charge is 2.22. The fraction of sp³-hybridized carbons (Fsp3) is 0.900. The highest BCUT2D eigenvalue weighted by Crippen LogP contribution is 2.04. The fourth-order valence-electron chi connectivity index (χ4n) is 1.41. The van der Waals surface area contributed by atoms with Crippen molar-refractivity contribution in [3.63, 3.8) is 0 Å². The Kier molecular flexibility index (Phi) is 3.37. The summed E-state index contributed by atoms with van der Waals surface area (Å²) in [5, 5.41) is 2.97. The van der Waals surface area contributed by atoms with E-state index in [9.17, 15) is 4.79 Å². The van der Waals surface area contributed by atoms with E-state index in [0.717, 1.165) is 26.2 Å². The van der Waals surface area contributed by atoms with Crippen LogP contribution in [0.25, 0.3) is 0 Å². The second-order valence-electron chi connectivity index (χ2n) is 4.97. The van der Waals surface area contributed by atoms with E-state index in [0.29, 0.717) is 0 Å². The lowest BCUT2D eigenvalue weighted by molar-refractivity contribution is 0.148. The zero-order chi connectivity index (χ0) is 10.8. The molecule has 14 heavy (non-hydrogen) atoms. The number of piperazine rings is 1. The molecule has 82 valence electrons. The molecule has 0 unspecified atom stereocenters. The van der Waals surface area contributed by atoms with Gasteiger partial charge in [0.2, 0.25) is 0 Å². The Hall–Kier alpha value is -0.770. The molecule has 1 aliphatic rings. The van der Waals surface area contributed by atoms with E-state index in [1.54, 1.807) is 0 Å². The van der Waals surface area contributed by atoms with Crippen molar-refractivity contribution in [3.05, 3.63) is 0 Å². The molecular weight excluding hydrogens is 178 g/mol. The summed E-state index contributed by atoms with van der Waals surface area (Å²) in [6.45, 7) is 9.61. The Balaban J connectivity index is 2.38. The van der Waals surface area contributed by atoms with Crippen LogP contribution < -0.4 is 5.32 Å². The van der Waals surface area contributed by atoms with E-state index in [4.69, 9.17) is 0 Å². The maximum Gasteiger partial charge on any atom is 0.317 e. The molecule has 4 nitrogen and oxygen atoms in total. The van der Waals surface area contributed by atoms with Crippen molar-refractivity contribution in [2.45, 2.75) is 26.3 Å². The first-order valence-corrected chi connectivity index (χ1v) is 5.14. The van der Waals surface area contributed by atoms with E-state index in [-0.39, 0.29) is 11.6 Å². The summed E-state index contributed by atoms with van der Waals surface area (Å²) in [7, 11) is 2.08. The third-order valence-electron chi connectivity index (χ3n) is 2.27. The van der Waals surface area contributed by atoms with Gasteiger partial charge in [0.25, 0.3) is 0 Å². The lowest BCUT2D eigenvalue weighted by Gasteiger charge is -2.34. The highest BCUT2D eigenvalue weighted by atomic mass is 16.2. The Morgan fingerprint density at radius 1 is 1.14 bits per heavy atom. The van der Waals surface area contributed by atoms with Crippen LogP contribution in [-0.4, -0.2) is 54.6 Å². The molecule has 1 saturated heterocycles. The third kappa shape index (κ3) is 3.54. The number of nitrogens with one attached hydrogen (secondary N) is 1. The molecule has 0 radical (unpaired) electrons. The zero-order valence-corrected chi connectivity index (χ0v) is 9.63. The molecule has 0 saturated carbocycles. The lowest BCUT2D eigenvalue weighted by Crippen LogP contribution is -2.54. The standard InChI is InChI=1S/C10H21N3O/c1-10(2,3)11-9(14)13-7-5-12(4)6-8-13/h5-8H2,1-4H3,(H,11,14). The minimum absolute atomic E-state index is 0.0607. The zero-order valence-electron chi connectivity index (χ0n) is 9.63. The van der Waals surface area contributed by atoms with Crippen molar-refractivity contribution in [2.75, 3.05) is 33.2 Å². The molecule has 0 aromatic heterocycles. The summed E-state index contributed by atoms with van der Waals surface area (Å²) in [5.41, 5.74) is -0.138. The molecule has 1 aliphatic heterocycles. The SMILES string of the molecule is CN1CCN(C(=O)NC(C)(C)C)CC1. The number of urea groups is 1. The van der Waals surface area contributed by atoms with Gasteiger partial charge < -0.3 is 15.1 Å². The number of hydrogen-bond donors (Lipinski definition) is 1. The van der Waals surface area contributed by atoms with Crippen LogP contribution in [0.15, 0.2) is 0 Å². The molecule has 0 bridgehead atoms. The van der Waals surface area contributed by atoms with Crippen molar-refractivity contribution in [1.29, 1.82) is 0 Å². The lowest BCUT2D eigenvalue weighted by atomic mass is 10.1. The number of hydrogen-bond acceptors (Lipinski definition) is 2. The Morgan fingerprint density at radius 3 is 2.07 bits per heavy atom. The first-order chi connectivity index (χ1) is 6.38. The van der Waals surface area contributed by atoms with Crippen LogP contribution >= 0.6 is 0 Å². The number of carbonyl (C=O) groups is 1. The average molecular weight is 199 g/mol. The molecule has 0 aromatic carbocycles.